The number of ether oxygens (including phenoxy) is 1. The van der Waals surface area contributed by atoms with Gasteiger partial charge in [-0.1, -0.05) is 29.8 Å². The van der Waals surface area contributed by atoms with E-state index in [2.05, 4.69) is 27.8 Å². The van der Waals surface area contributed by atoms with Crippen molar-refractivity contribution in [2.75, 3.05) is 25.6 Å². The third kappa shape index (κ3) is 5.16. The molecule has 0 atom stereocenters. The molecule has 4 rings (SSSR count). The molecule has 7 nitrogen and oxygen atoms in total. The van der Waals surface area contributed by atoms with Gasteiger partial charge in [0.15, 0.2) is 0 Å². The molecule has 170 valence electrons. The topological polar surface area (TPSA) is 83.6 Å². The lowest BCUT2D eigenvalue weighted by atomic mass is 10.00. The van der Waals surface area contributed by atoms with Gasteiger partial charge in [-0.25, -0.2) is 4.98 Å². The summed E-state index contributed by atoms with van der Waals surface area (Å²) in [6.45, 7) is 2.06. The molecule has 33 heavy (non-hydrogen) atoms. The number of methoxy groups -OCH3 is 1. The molecule has 2 heterocycles. The predicted molar refractivity (Wildman–Crippen MR) is 128 cm³/mol. The molecule has 2 amide bonds. The van der Waals surface area contributed by atoms with E-state index in [0.29, 0.717) is 11.1 Å². The summed E-state index contributed by atoms with van der Waals surface area (Å²) in [7, 11) is 3.23. The van der Waals surface area contributed by atoms with Gasteiger partial charge >= 0.3 is 0 Å². The standard InChI is InChI=1S/C25H25ClN4O3/c1-30(21-7-6-17-8-9-27-14-19(17)11-21)25(32)18-5-3-4-16(10-18)13-28-23(31)20-12-22(26)24(33-2)29-15-20/h3-7,10-12,15,27H,8-9,13-14H2,1-2H3,(H,28,31). The first-order chi connectivity index (χ1) is 16.0. The monoisotopic (exact) mass is 464 g/mol. The Kier molecular flexibility index (Phi) is 6.91. The molecule has 2 aromatic carbocycles. The lowest BCUT2D eigenvalue weighted by molar-refractivity contribution is 0.0949. The average Bonchev–Trinajstić information content (AvgIpc) is 2.86. The van der Waals surface area contributed by atoms with E-state index >= 15 is 0 Å². The fourth-order valence-corrected chi connectivity index (χ4v) is 4.03. The first-order valence-electron chi connectivity index (χ1n) is 10.6. The molecular weight excluding hydrogens is 440 g/mol. The van der Waals surface area contributed by atoms with E-state index in [1.165, 1.54) is 30.5 Å². The Balaban J connectivity index is 1.43. The molecule has 2 N–H and O–H groups in total. The second-order valence-corrected chi connectivity index (χ2v) is 8.25. The summed E-state index contributed by atoms with van der Waals surface area (Å²) in [5, 5.41) is 6.46. The van der Waals surface area contributed by atoms with Crippen molar-refractivity contribution < 1.29 is 14.3 Å². The number of hydrogen-bond acceptors (Lipinski definition) is 5. The molecule has 0 unspecified atom stereocenters. The molecule has 8 heteroatoms. The number of aromatic nitrogens is 1. The van der Waals surface area contributed by atoms with Crippen LogP contribution in [-0.2, 0) is 19.5 Å². The van der Waals surface area contributed by atoms with Crippen LogP contribution in [0.2, 0.25) is 5.02 Å². The van der Waals surface area contributed by atoms with Crippen molar-refractivity contribution in [1.82, 2.24) is 15.6 Å². The van der Waals surface area contributed by atoms with Crippen LogP contribution in [0.1, 0.15) is 37.4 Å². The van der Waals surface area contributed by atoms with Gasteiger partial charge in [0, 0.05) is 37.6 Å². The number of pyridine rings is 1. The van der Waals surface area contributed by atoms with Crippen LogP contribution in [0.15, 0.2) is 54.7 Å². The number of nitrogens with zero attached hydrogens (tertiary/aromatic N) is 2. The van der Waals surface area contributed by atoms with Crippen LogP contribution >= 0.6 is 11.6 Å². The van der Waals surface area contributed by atoms with E-state index in [-0.39, 0.29) is 29.3 Å². The average molecular weight is 465 g/mol. The zero-order valence-corrected chi connectivity index (χ0v) is 19.3. The summed E-state index contributed by atoms with van der Waals surface area (Å²) in [5.74, 6) is -0.166. The molecule has 0 saturated carbocycles. The summed E-state index contributed by atoms with van der Waals surface area (Å²) < 4.78 is 5.01. The van der Waals surface area contributed by atoms with Crippen molar-refractivity contribution in [3.05, 3.63) is 87.6 Å². The van der Waals surface area contributed by atoms with Gasteiger partial charge in [-0.15, -0.1) is 0 Å². The van der Waals surface area contributed by atoms with Gasteiger partial charge in [0.1, 0.15) is 5.02 Å². The fraction of sp³-hybridized carbons (Fsp3) is 0.240. The van der Waals surface area contributed by atoms with Crippen LogP contribution in [-0.4, -0.2) is 37.5 Å². The van der Waals surface area contributed by atoms with E-state index in [1.54, 1.807) is 24.1 Å². The van der Waals surface area contributed by atoms with Crippen LogP contribution in [0.5, 0.6) is 5.88 Å². The lowest BCUT2D eigenvalue weighted by Crippen LogP contribution is -2.28. The highest BCUT2D eigenvalue weighted by Gasteiger charge is 2.17. The maximum absolute atomic E-state index is 13.1. The minimum atomic E-state index is -0.316. The molecule has 1 aliphatic rings. The number of hydrogen-bond donors (Lipinski definition) is 2. The Hall–Kier alpha value is -3.42. The third-order valence-electron chi connectivity index (χ3n) is 5.66. The second-order valence-electron chi connectivity index (χ2n) is 7.84. The molecule has 0 bridgehead atoms. The Bertz CT molecular complexity index is 1200. The van der Waals surface area contributed by atoms with Crippen molar-refractivity contribution in [2.24, 2.45) is 0 Å². The number of halogens is 1. The molecule has 0 aliphatic carbocycles. The van der Waals surface area contributed by atoms with Crippen LogP contribution in [0.3, 0.4) is 0 Å². The molecule has 0 spiro atoms. The quantitative estimate of drug-likeness (QED) is 0.582. The highest BCUT2D eigenvalue weighted by atomic mass is 35.5. The number of amides is 2. The SMILES string of the molecule is COc1ncc(C(=O)NCc2cccc(C(=O)N(C)c3ccc4c(c3)CNCC4)c2)cc1Cl. The van der Waals surface area contributed by atoms with Crippen LogP contribution in [0, 0.1) is 0 Å². The summed E-state index contributed by atoms with van der Waals surface area (Å²) in [6, 6.07) is 14.9. The maximum Gasteiger partial charge on any atom is 0.258 e. The Morgan fingerprint density at radius 1 is 1.15 bits per heavy atom. The summed E-state index contributed by atoms with van der Waals surface area (Å²) in [6.07, 6.45) is 2.41. The van der Waals surface area contributed by atoms with Crippen molar-refractivity contribution >= 4 is 29.1 Å². The number of fused-ring (bicyclic) bond motifs is 1. The highest BCUT2D eigenvalue weighted by Crippen LogP contribution is 2.23. The minimum absolute atomic E-state index is 0.113. The van der Waals surface area contributed by atoms with E-state index in [9.17, 15) is 9.59 Å². The number of benzene rings is 2. The first-order valence-corrected chi connectivity index (χ1v) is 11.0. The van der Waals surface area contributed by atoms with Gasteiger partial charge in [-0.3, -0.25) is 9.59 Å². The van der Waals surface area contributed by atoms with E-state index in [1.807, 2.05) is 18.2 Å². The van der Waals surface area contributed by atoms with Crippen molar-refractivity contribution in [2.45, 2.75) is 19.5 Å². The number of rotatable bonds is 6. The number of anilines is 1. The number of carbonyl (C=O) groups excluding carboxylic acids is 2. The van der Waals surface area contributed by atoms with Crippen molar-refractivity contribution in [1.29, 1.82) is 0 Å². The summed E-state index contributed by atoms with van der Waals surface area (Å²) >= 11 is 6.05. The number of carbonyl (C=O) groups is 2. The molecule has 1 aliphatic heterocycles. The number of nitrogens with one attached hydrogen (secondary N) is 2. The van der Waals surface area contributed by atoms with Gasteiger partial charge in [0.05, 0.1) is 12.7 Å². The zero-order valence-electron chi connectivity index (χ0n) is 18.5. The molecule has 0 radical (unpaired) electrons. The summed E-state index contributed by atoms with van der Waals surface area (Å²) in [4.78, 5) is 31.2. The lowest BCUT2D eigenvalue weighted by Gasteiger charge is -2.22. The molecule has 0 saturated heterocycles. The van der Waals surface area contributed by atoms with Gasteiger partial charge in [-0.2, -0.15) is 0 Å². The Morgan fingerprint density at radius 2 is 2.00 bits per heavy atom. The van der Waals surface area contributed by atoms with Gasteiger partial charge in [-0.05, 0) is 60.0 Å². The predicted octanol–water partition coefficient (Wildman–Crippen LogP) is 3.60. The fourth-order valence-electron chi connectivity index (χ4n) is 3.78. The Morgan fingerprint density at radius 3 is 2.79 bits per heavy atom. The smallest absolute Gasteiger partial charge is 0.258 e. The third-order valence-corrected chi connectivity index (χ3v) is 5.93. The molecule has 3 aromatic rings. The van der Waals surface area contributed by atoms with Crippen molar-refractivity contribution in [3.8, 4) is 5.88 Å². The Labute approximate surface area is 197 Å². The summed E-state index contributed by atoms with van der Waals surface area (Å²) in [5.41, 5.74) is 5.09. The first kappa shape index (κ1) is 22.8. The van der Waals surface area contributed by atoms with E-state index in [4.69, 9.17) is 16.3 Å². The molecule has 1 aromatic heterocycles. The van der Waals surface area contributed by atoms with Gasteiger partial charge < -0.3 is 20.3 Å². The second kappa shape index (κ2) is 10.0. The van der Waals surface area contributed by atoms with Crippen molar-refractivity contribution in [3.63, 3.8) is 0 Å². The largest absolute Gasteiger partial charge is 0.480 e. The maximum atomic E-state index is 13.1. The van der Waals surface area contributed by atoms with E-state index < -0.39 is 0 Å². The zero-order chi connectivity index (χ0) is 23.4. The normalized spacial score (nSPS) is 12.6. The highest BCUT2D eigenvalue weighted by molar-refractivity contribution is 6.32. The molecular formula is C25H25ClN4O3. The van der Waals surface area contributed by atoms with Crippen LogP contribution in [0.25, 0.3) is 0 Å². The van der Waals surface area contributed by atoms with E-state index in [0.717, 1.165) is 30.8 Å². The van der Waals surface area contributed by atoms with Crippen LogP contribution in [0.4, 0.5) is 5.69 Å². The van der Waals surface area contributed by atoms with Crippen LogP contribution < -0.4 is 20.3 Å². The minimum Gasteiger partial charge on any atom is -0.480 e. The van der Waals surface area contributed by atoms with Gasteiger partial charge in [0.25, 0.3) is 11.8 Å². The van der Waals surface area contributed by atoms with Gasteiger partial charge in [0.2, 0.25) is 5.88 Å². The molecule has 0 fully saturated rings.